The van der Waals surface area contributed by atoms with E-state index in [0.29, 0.717) is 12.1 Å². The van der Waals surface area contributed by atoms with E-state index in [2.05, 4.69) is 0 Å². The summed E-state index contributed by atoms with van der Waals surface area (Å²) in [6, 6.07) is 2.78. The molecule has 0 aromatic heterocycles. The van der Waals surface area contributed by atoms with Crippen LogP contribution in [0.15, 0.2) is 29.2 Å². The zero-order valence-electron chi connectivity index (χ0n) is 10.3. The summed E-state index contributed by atoms with van der Waals surface area (Å²) in [5.41, 5.74) is 3.53. The molecule has 0 spiro atoms. The van der Waals surface area contributed by atoms with Crippen molar-refractivity contribution >= 4 is 22.4 Å². The van der Waals surface area contributed by atoms with Gasteiger partial charge in [-0.05, 0) is 18.2 Å². The van der Waals surface area contributed by atoms with Crippen LogP contribution in [-0.4, -0.2) is 27.4 Å². The first-order chi connectivity index (χ1) is 8.98. The molecular formula is C10H12ClF5N2O2S. The average molecular weight is 355 g/mol. The van der Waals surface area contributed by atoms with Gasteiger partial charge in [0.15, 0.2) is 0 Å². The third-order valence-corrected chi connectivity index (χ3v) is 3.69. The Hall–Kier alpha value is -0.970. The second-order valence-electron chi connectivity index (χ2n) is 3.91. The third-order valence-electron chi connectivity index (χ3n) is 2.29. The second kappa shape index (κ2) is 6.86. The van der Waals surface area contributed by atoms with Crippen molar-refractivity contribution in [2.45, 2.75) is 17.0 Å². The maximum absolute atomic E-state index is 12.8. The van der Waals surface area contributed by atoms with Crippen LogP contribution in [0.5, 0.6) is 0 Å². The van der Waals surface area contributed by atoms with Gasteiger partial charge >= 0.3 is 6.18 Å². The topological polar surface area (TPSA) is 72.2 Å². The van der Waals surface area contributed by atoms with Crippen molar-refractivity contribution in [1.82, 2.24) is 4.72 Å². The van der Waals surface area contributed by atoms with Crippen molar-refractivity contribution in [2.24, 2.45) is 5.73 Å². The van der Waals surface area contributed by atoms with Crippen molar-refractivity contribution in [3.63, 3.8) is 0 Å². The van der Waals surface area contributed by atoms with Crippen molar-refractivity contribution in [1.29, 1.82) is 0 Å². The molecule has 0 bridgehead atoms. The molecule has 0 atom stereocenters. The molecular weight excluding hydrogens is 343 g/mol. The van der Waals surface area contributed by atoms with Crippen molar-refractivity contribution in [2.75, 3.05) is 13.1 Å². The normalized spacial score (nSPS) is 12.9. The maximum Gasteiger partial charge on any atom is 0.416 e. The Bertz CT molecular complexity index is 577. The highest BCUT2D eigenvalue weighted by Gasteiger charge is 2.33. The zero-order valence-corrected chi connectivity index (χ0v) is 12.0. The zero-order chi connectivity index (χ0) is 15.6. The molecule has 0 heterocycles. The van der Waals surface area contributed by atoms with Gasteiger partial charge in [-0.25, -0.2) is 21.9 Å². The Balaban J connectivity index is 0.00000400. The quantitative estimate of drug-likeness (QED) is 0.794. The number of sulfonamides is 1. The lowest BCUT2D eigenvalue weighted by Crippen LogP contribution is -2.41. The van der Waals surface area contributed by atoms with Gasteiger partial charge < -0.3 is 5.73 Å². The Morgan fingerprint density at radius 2 is 1.71 bits per heavy atom. The van der Waals surface area contributed by atoms with E-state index in [1.165, 1.54) is 4.72 Å². The van der Waals surface area contributed by atoms with Gasteiger partial charge in [-0.1, -0.05) is 6.07 Å². The molecule has 0 aliphatic heterocycles. The van der Waals surface area contributed by atoms with E-state index in [0.717, 1.165) is 12.1 Å². The predicted molar refractivity (Wildman–Crippen MR) is 67.9 cm³/mol. The molecule has 3 N–H and O–H groups in total. The van der Waals surface area contributed by atoms with Gasteiger partial charge in [0, 0.05) is 0 Å². The van der Waals surface area contributed by atoms with E-state index in [4.69, 9.17) is 5.73 Å². The molecule has 4 nitrogen and oxygen atoms in total. The predicted octanol–water partition coefficient (Wildman–Crippen LogP) is 2.00. The van der Waals surface area contributed by atoms with Crippen LogP contribution in [0.4, 0.5) is 22.0 Å². The van der Waals surface area contributed by atoms with Crippen molar-refractivity contribution in [3.05, 3.63) is 29.8 Å². The fraction of sp³-hybridized carbons (Fsp3) is 0.400. The fourth-order valence-corrected chi connectivity index (χ4v) is 2.30. The van der Waals surface area contributed by atoms with Crippen LogP contribution in [0.1, 0.15) is 5.56 Å². The van der Waals surface area contributed by atoms with Gasteiger partial charge in [-0.15, -0.1) is 12.4 Å². The Kier molecular flexibility index (Phi) is 6.54. The summed E-state index contributed by atoms with van der Waals surface area (Å²) in [7, 11) is -4.47. The molecule has 0 unspecified atom stereocenters. The average Bonchev–Trinajstić information content (AvgIpc) is 2.36. The molecule has 11 heteroatoms. The SMILES string of the molecule is Cl.NCC(F)(F)CNS(=O)(=O)c1cccc(C(F)(F)F)c1. The van der Waals surface area contributed by atoms with Gasteiger partial charge in [0.1, 0.15) is 0 Å². The molecule has 122 valence electrons. The van der Waals surface area contributed by atoms with Crippen LogP contribution in [0.3, 0.4) is 0 Å². The minimum atomic E-state index is -4.73. The van der Waals surface area contributed by atoms with E-state index in [1.807, 2.05) is 0 Å². The van der Waals surface area contributed by atoms with Crippen LogP contribution < -0.4 is 10.5 Å². The summed E-state index contributed by atoms with van der Waals surface area (Å²) < 4.78 is 87.7. The molecule has 21 heavy (non-hydrogen) atoms. The Labute approximate surface area is 124 Å². The fourth-order valence-electron chi connectivity index (χ4n) is 1.20. The second-order valence-corrected chi connectivity index (χ2v) is 5.68. The third kappa shape index (κ3) is 5.73. The van der Waals surface area contributed by atoms with Gasteiger partial charge in [-0.3, -0.25) is 0 Å². The maximum atomic E-state index is 12.8. The molecule has 0 saturated carbocycles. The van der Waals surface area contributed by atoms with Crippen molar-refractivity contribution < 1.29 is 30.4 Å². The number of nitrogens with one attached hydrogen (secondary N) is 1. The van der Waals surface area contributed by atoms with Gasteiger partial charge in [0.2, 0.25) is 10.0 Å². The molecule has 0 aliphatic carbocycles. The summed E-state index contributed by atoms with van der Waals surface area (Å²) in [6.07, 6.45) is -4.73. The highest BCUT2D eigenvalue weighted by Crippen LogP contribution is 2.30. The van der Waals surface area contributed by atoms with Crippen LogP contribution in [0.2, 0.25) is 0 Å². The lowest BCUT2D eigenvalue weighted by molar-refractivity contribution is -0.137. The molecule has 1 rings (SSSR count). The monoisotopic (exact) mass is 354 g/mol. The molecule has 0 amide bonds. The van der Waals surface area contributed by atoms with E-state index in [-0.39, 0.29) is 12.4 Å². The highest BCUT2D eigenvalue weighted by molar-refractivity contribution is 7.89. The summed E-state index contributed by atoms with van der Waals surface area (Å²) >= 11 is 0. The molecule has 0 radical (unpaired) electrons. The van der Waals surface area contributed by atoms with Gasteiger partial charge in [-0.2, -0.15) is 13.2 Å². The first kappa shape index (κ1) is 20.0. The lowest BCUT2D eigenvalue weighted by Gasteiger charge is -2.15. The summed E-state index contributed by atoms with van der Waals surface area (Å²) in [6.45, 7) is -2.37. The lowest BCUT2D eigenvalue weighted by atomic mass is 10.2. The molecule has 1 aromatic rings. The number of halogens is 6. The molecule has 0 aliphatic rings. The van der Waals surface area contributed by atoms with E-state index in [1.54, 1.807) is 0 Å². The van der Waals surface area contributed by atoms with Crippen molar-refractivity contribution in [3.8, 4) is 0 Å². The largest absolute Gasteiger partial charge is 0.416 e. The first-order valence-electron chi connectivity index (χ1n) is 5.23. The van der Waals surface area contributed by atoms with Gasteiger partial charge in [0.05, 0.1) is 23.5 Å². The van der Waals surface area contributed by atoms with Crippen LogP contribution in [-0.2, 0) is 16.2 Å². The summed E-state index contributed by atoms with van der Waals surface area (Å²) in [5.74, 6) is -3.48. The smallest absolute Gasteiger partial charge is 0.325 e. The van der Waals surface area contributed by atoms with E-state index >= 15 is 0 Å². The number of hydrogen-bond acceptors (Lipinski definition) is 3. The van der Waals surface area contributed by atoms with E-state index in [9.17, 15) is 30.4 Å². The number of nitrogens with two attached hydrogens (primary N) is 1. The van der Waals surface area contributed by atoms with Crippen LogP contribution in [0.25, 0.3) is 0 Å². The van der Waals surface area contributed by atoms with Crippen LogP contribution in [0, 0.1) is 0 Å². The van der Waals surface area contributed by atoms with E-state index < -0.39 is 45.7 Å². The minimum absolute atomic E-state index is 0. The Morgan fingerprint density at radius 3 is 2.19 bits per heavy atom. The van der Waals surface area contributed by atoms with Gasteiger partial charge in [0.25, 0.3) is 5.92 Å². The minimum Gasteiger partial charge on any atom is -0.325 e. The Morgan fingerprint density at radius 1 is 1.14 bits per heavy atom. The number of rotatable bonds is 5. The molecule has 0 saturated heterocycles. The number of alkyl halides is 5. The number of hydrogen-bond donors (Lipinski definition) is 2. The standard InChI is InChI=1S/C10H11F5N2O2S.ClH/c11-9(12,5-16)6-17-20(18,19)8-3-1-2-7(4-8)10(13,14)15;/h1-4,17H,5-6,16H2;1H. The first-order valence-corrected chi connectivity index (χ1v) is 6.71. The molecule has 0 fully saturated rings. The number of benzene rings is 1. The highest BCUT2D eigenvalue weighted by atomic mass is 35.5. The summed E-state index contributed by atoms with van der Waals surface area (Å²) in [4.78, 5) is -0.750. The van der Waals surface area contributed by atoms with Crippen LogP contribution >= 0.6 is 12.4 Å². The summed E-state index contributed by atoms with van der Waals surface area (Å²) in [5, 5.41) is 0. The molecule has 1 aromatic carbocycles.